The maximum atomic E-state index is 13.3. The van der Waals surface area contributed by atoms with Gasteiger partial charge in [-0.1, -0.05) is 0 Å². The van der Waals surface area contributed by atoms with E-state index in [2.05, 4.69) is 16.0 Å². The first kappa shape index (κ1) is 19.4. The molecule has 8 heteroatoms. The number of likely N-dealkylation sites (tertiary alicyclic amines) is 1. The molecule has 1 unspecified atom stereocenters. The molecule has 5 heterocycles. The molecule has 8 nitrogen and oxygen atoms in total. The van der Waals surface area contributed by atoms with E-state index in [4.69, 9.17) is 8.83 Å². The number of hydrogen-bond acceptors (Lipinski definition) is 7. The van der Waals surface area contributed by atoms with Crippen LogP contribution >= 0.6 is 0 Å². The second kappa shape index (κ2) is 8.26. The van der Waals surface area contributed by atoms with E-state index >= 15 is 0 Å². The summed E-state index contributed by atoms with van der Waals surface area (Å²) < 4.78 is 11.2. The lowest BCUT2D eigenvalue weighted by Crippen LogP contribution is -2.42. The zero-order valence-corrected chi connectivity index (χ0v) is 17.1. The zero-order chi connectivity index (χ0) is 21.2. The molecule has 0 spiro atoms. The smallest absolute Gasteiger partial charge is 0.266 e. The minimum Gasteiger partial charge on any atom is -0.459 e. The van der Waals surface area contributed by atoms with Crippen molar-refractivity contribution in [3.63, 3.8) is 0 Å². The average molecular weight is 417 g/mol. The van der Waals surface area contributed by atoms with Crippen LogP contribution in [0.1, 0.15) is 43.0 Å². The largest absolute Gasteiger partial charge is 0.459 e. The molecule has 0 bridgehead atoms. The number of hydrogen-bond donors (Lipinski definition) is 0. The first-order chi connectivity index (χ1) is 15.2. The summed E-state index contributed by atoms with van der Waals surface area (Å²) in [6.45, 7) is 2.09. The fraction of sp³-hybridized carbons (Fsp3) is 0.391. The highest BCUT2D eigenvalue weighted by Gasteiger charge is 2.36. The molecular formula is C23H23N5O3. The van der Waals surface area contributed by atoms with Crippen molar-refractivity contribution >= 4 is 11.8 Å². The van der Waals surface area contributed by atoms with Crippen LogP contribution in [0, 0.1) is 17.2 Å². The van der Waals surface area contributed by atoms with Crippen molar-refractivity contribution in [3.8, 4) is 17.7 Å². The van der Waals surface area contributed by atoms with Crippen LogP contribution in [0.25, 0.3) is 11.7 Å². The minimum atomic E-state index is -0.0170. The summed E-state index contributed by atoms with van der Waals surface area (Å²) in [5.41, 5.74) is 1.40. The lowest BCUT2D eigenvalue weighted by molar-refractivity contribution is -0.137. The van der Waals surface area contributed by atoms with Crippen LogP contribution in [-0.4, -0.2) is 40.4 Å². The quantitative estimate of drug-likeness (QED) is 0.637. The topological polar surface area (TPSA) is 99.4 Å². The van der Waals surface area contributed by atoms with Crippen LogP contribution in [0.2, 0.25) is 0 Å². The first-order valence-corrected chi connectivity index (χ1v) is 10.6. The van der Waals surface area contributed by atoms with Gasteiger partial charge in [0.15, 0.2) is 5.76 Å². The van der Waals surface area contributed by atoms with Gasteiger partial charge in [-0.2, -0.15) is 10.2 Å². The normalized spacial score (nSPS) is 19.5. The van der Waals surface area contributed by atoms with Crippen molar-refractivity contribution in [2.45, 2.75) is 31.7 Å². The molecule has 2 aliphatic heterocycles. The molecule has 1 atom stereocenters. The molecule has 31 heavy (non-hydrogen) atoms. The summed E-state index contributed by atoms with van der Waals surface area (Å²) in [4.78, 5) is 25.7. The van der Waals surface area contributed by atoms with Crippen molar-refractivity contribution in [2.75, 3.05) is 24.5 Å². The fourth-order valence-electron chi connectivity index (χ4n) is 4.63. The Kier molecular flexibility index (Phi) is 5.16. The van der Waals surface area contributed by atoms with Crippen LogP contribution in [0.15, 0.2) is 51.8 Å². The minimum absolute atomic E-state index is 0.0170. The van der Waals surface area contributed by atoms with Crippen LogP contribution in [0.5, 0.6) is 0 Å². The maximum Gasteiger partial charge on any atom is 0.266 e. The van der Waals surface area contributed by atoms with E-state index < -0.39 is 0 Å². The summed E-state index contributed by atoms with van der Waals surface area (Å²) in [6.07, 6.45) is 8.58. The van der Waals surface area contributed by atoms with Crippen LogP contribution in [-0.2, 0) is 4.79 Å². The van der Waals surface area contributed by atoms with Gasteiger partial charge in [0.05, 0.1) is 12.3 Å². The molecule has 0 saturated carbocycles. The number of piperidine rings is 1. The van der Waals surface area contributed by atoms with Crippen molar-refractivity contribution in [3.05, 3.63) is 54.2 Å². The number of carbonyl (C=O) groups excluding carboxylic acids is 1. The highest BCUT2D eigenvalue weighted by atomic mass is 16.4. The van der Waals surface area contributed by atoms with Crippen molar-refractivity contribution in [2.24, 2.45) is 5.92 Å². The van der Waals surface area contributed by atoms with Gasteiger partial charge in [-0.05, 0) is 55.5 Å². The van der Waals surface area contributed by atoms with Gasteiger partial charge in [0.2, 0.25) is 17.5 Å². The van der Waals surface area contributed by atoms with E-state index in [0.29, 0.717) is 30.6 Å². The molecule has 3 aromatic rings. The molecule has 0 N–H and O–H groups in total. The number of nitrogens with zero attached hydrogens (tertiary/aromatic N) is 5. The van der Waals surface area contributed by atoms with Crippen molar-refractivity contribution in [1.82, 2.24) is 14.9 Å². The Bertz CT molecular complexity index is 1080. The summed E-state index contributed by atoms with van der Waals surface area (Å²) in [5, 5.41) is 9.49. The highest BCUT2D eigenvalue weighted by molar-refractivity contribution is 5.80. The Morgan fingerprint density at radius 3 is 2.65 bits per heavy atom. The third kappa shape index (κ3) is 3.67. The van der Waals surface area contributed by atoms with E-state index in [1.54, 1.807) is 30.8 Å². The predicted octanol–water partition coefficient (Wildman–Crippen LogP) is 3.78. The number of furan rings is 1. The molecule has 158 valence electrons. The summed E-state index contributed by atoms with van der Waals surface area (Å²) in [7, 11) is 0. The second-order valence-corrected chi connectivity index (χ2v) is 7.99. The van der Waals surface area contributed by atoms with Gasteiger partial charge >= 0.3 is 0 Å². The molecule has 0 aliphatic carbocycles. The molecule has 2 saturated heterocycles. The van der Waals surface area contributed by atoms with Gasteiger partial charge in [0, 0.05) is 37.9 Å². The van der Waals surface area contributed by atoms with E-state index in [1.165, 1.54) is 0 Å². The number of rotatable bonds is 4. The van der Waals surface area contributed by atoms with Gasteiger partial charge in [-0.15, -0.1) is 0 Å². The number of carbonyl (C=O) groups is 1. The summed E-state index contributed by atoms with van der Waals surface area (Å²) >= 11 is 0. The highest BCUT2D eigenvalue weighted by Crippen LogP contribution is 2.36. The van der Waals surface area contributed by atoms with Gasteiger partial charge in [-0.25, -0.2) is 0 Å². The average Bonchev–Trinajstić information content (AvgIpc) is 3.59. The standard InChI is InChI=1S/C23H23N5O3/c24-15-18-23(31-21(26-18)20-4-2-14-30-20)27-12-7-17(8-13-27)22(29)28-11-1-3-19(28)16-5-9-25-10-6-16/h2,4-6,9-10,14,17,19H,1,3,7-8,11-13H2. The van der Waals surface area contributed by atoms with Gasteiger partial charge in [0.1, 0.15) is 6.07 Å². The molecule has 2 aliphatic rings. The lowest BCUT2D eigenvalue weighted by atomic mass is 9.94. The van der Waals surface area contributed by atoms with Gasteiger partial charge in [-0.3, -0.25) is 9.78 Å². The summed E-state index contributed by atoms with van der Waals surface area (Å²) in [5.74, 6) is 1.46. The maximum absolute atomic E-state index is 13.3. The Morgan fingerprint density at radius 1 is 1.13 bits per heavy atom. The number of anilines is 1. The molecule has 0 radical (unpaired) electrons. The van der Waals surface area contributed by atoms with Gasteiger partial charge in [0.25, 0.3) is 5.89 Å². The Balaban J connectivity index is 1.27. The van der Waals surface area contributed by atoms with Crippen molar-refractivity contribution < 1.29 is 13.6 Å². The molecule has 2 fully saturated rings. The number of aromatic nitrogens is 2. The summed E-state index contributed by atoms with van der Waals surface area (Å²) in [6, 6.07) is 9.75. The van der Waals surface area contributed by atoms with Crippen LogP contribution < -0.4 is 4.90 Å². The molecule has 1 amide bonds. The number of nitriles is 1. The van der Waals surface area contributed by atoms with Crippen LogP contribution in [0.3, 0.4) is 0 Å². The Morgan fingerprint density at radius 2 is 1.94 bits per heavy atom. The molecular weight excluding hydrogens is 394 g/mol. The van der Waals surface area contributed by atoms with E-state index in [1.807, 2.05) is 21.9 Å². The first-order valence-electron chi connectivity index (χ1n) is 10.6. The Hall–Kier alpha value is -3.60. The third-order valence-corrected chi connectivity index (χ3v) is 6.21. The number of amides is 1. The monoisotopic (exact) mass is 417 g/mol. The number of oxazole rings is 1. The molecule has 0 aromatic carbocycles. The lowest BCUT2D eigenvalue weighted by Gasteiger charge is -2.34. The zero-order valence-electron chi connectivity index (χ0n) is 17.1. The van der Waals surface area contributed by atoms with Gasteiger partial charge < -0.3 is 18.6 Å². The SMILES string of the molecule is N#Cc1nc(-c2ccco2)oc1N1CCC(C(=O)N2CCCC2c2ccncc2)CC1. The molecule has 3 aromatic heterocycles. The van der Waals surface area contributed by atoms with E-state index in [9.17, 15) is 10.1 Å². The fourth-order valence-corrected chi connectivity index (χ4v) is 4.63. The van der Waals surface area contributed by atoms with E-state index in [0.717, 1.165) is 37.8 Å². The van der Waals surface area contributed by atoms with E-state index in [-0.39, 0.29) is 23.6 Å². The third-order valence-electron chi connectivity index (χ3n) is 6.21. The van der Waals surface area contributed by atoms with Crippen LogP contribution in [0.4, 0.5) is 5.88 Å². The van der Waals surface area contributed by atoms with Crippen molar-refractivity contribution in [1.29, 1.82) is 5.26 Å². The second-order valence-electron chi connectivity index (χ2n) is 7.99. The predicted molar refractivity (Wildman–Crippen MR) is 112 cm³/mol. The number of pyridine rings is 1. The Labute approximate surface area is 180 Å². The molecule has 5 rings (SSSR count).